The Labute approximate surface area is 98.3 Å². The van der Waals surface area contributed by atoms with E-state index in [9.17, 15) is 4.79 Å². The number of carbonyl (C=O) groups is 1. The summed E-state index contributed by atoms with van der Waals surface area (Å²) in [7, 11) is 1.45. The van der Waals surface area contributed by atoms with E-state index in [4.69, 9.17) is 4.74 Å². The Balaban J connectivity index is 2.63. The first-order valence-corrected chi connectivity index (χ1v) is 6.04. The lowest BCUT2D eigenvalue weighted by atomic mass is 9.98. The first-order valence-electron chi connectivity index (χ1n) is 6.04. The van der Waals surface area contributed by atoms with Gasteiger partial charge in [-0.3, -0.25) is 9.69 Å². The summed E-state index contributed by atoms with van der Waals surface area (Å²) in [6.07, 6.45) is 0. The first-order chi connectivity index (χ1) is 7.47. The zero-order valence-electron chi connectivity index (χ0n) is 11.0. The Hall–Kier alpha value is -0.610. The molecule has 0 bridgehead atoms. The van der Waals surface area contributed by atoms with Gasteiger partial charge in [-0.25, -0.2) is 0 Å². The minimum atomic E-state index is -0.120. The molecule has 0 aromatic heterocycles. The topological polar surface area (TPSA) is 41.6 Å². The molecule has 0 aliphatic carbocycles. The Kier molecular flexibility index (Phi) is 4.74. The SMILES string of the molecule is COC(=O)C(C)C(C)N1CC(C)NCC1C. The molecule has 1 saturated heterocycles. The summed E-state index contributed by atoms with van der Waals surface area (Å²) in [5.74, 6) is -0.191. The molecular weight excluding hydrogens is 204 g/mol. The van der Waals surface area contributed by atoms with Crippen LogP contribution in [-0.2, 0) is 9.53 Å². The van der Waals surface area contributed by atoms with Crippen LogP contribution in [-0.4, -0.2) is 49.2 Å². The van der Waals surface area contributed by atoms with E-state index in [1.165, 1.54) is 7.11 Å². The maximum Gasteiger partial charge on any atom is 0.309 e. The standard InChI is InChI=1S/C12H24N2O2/c1-8-7-14(9(2)6-13-8)11(4)10(3)12(15)16-5/h8-11,13H,6-7H2,1-5H3. The van der Waals surface area contributed by atoms with Crippen LogP contribution in [0.1, 0.15) is 27.7 Å². The molecule has 0 aromatic carbocycles. The highest BCUT2D eigenvalue weighted by Crippen LogP contribution is 2.18. The predicted octanol–water partition coefficient (Wildman–Crippen LogP) is 0.866. The number of hydrogen-bond donors (Lipinski definition) is 1. The van der Waals surface area contributed by atoms with Crippen LogP contribution in [0.4, 0.5) is 0 Å². The van der Waals surface area contributed by atoms with Gasteiger partial charge in [-0.1, -0.05) is 6.92 Å². The van der Waals surface area contributed by atoms with Crippen LogP contribution in [0, 0.1) is 5.92 Å². The van der Waals surface area contributed by atoms with Crippen molar-refractivity contribution >= 4 is 5.97 Å². The number of nitrogens with zero attached hydrogens (tertiary/aromatic N) is 1. The van der Waals surface area contributed by atoms with Gasteiger partial charge in [-0.2, -0.15) is 0 Å². The minimum Gasteiger partial charge on any atom is -0.469 e. The summed E-state index contributed by atoms with van der Waals surface area (Å²) >= 11 is 0. The number of nitrogens with one attached hydrogen (secondary N) is 1. The first kappa shape index (κ1) is 13.5. The molecule has 1 aliphatic heterocycles. The van der Waals surface area contributed by atoms with Gasteiger partial charge in [0.15, 0.2) is 0 Å². The molecule has 0 radical (unpaired) electrons. The number of carbonyl (C=O) groups excluding carboxylic acids is 1. The highest BCUT2D eigenvalue weighted by Gasteiger charge is 2.32. The van der Waals surface area contributed by atoms with E-state index in [1.54, 1.807) is 0 Å². The van der Waals surface area contributed by atoms with Crippen molar-refractivity contribution in [2.45, 2.75) is 45.8 Å². The molecule has 0 spiro atoms. The van der Waals surface area contributed by atoms with Crippen LogP contribution in [0.25, 0.3) is 0 Å². The van der Waals surface area contributed by atoms with E-state index in [1.807, 2.05) is 6.92 Å². The predicted molar refractivity (Wildman–Crippen MR) is 64.3 cm³/mol. The van der Waals surface area contributed by atoms with Gasteiger partial charge in [0.05, 0.1) is 13.0 Å². The van der Waals surface area contributed by atoms with Gasteiger partial charge in [0.25, 0.3) is 0 Å². The lowest BCUT2D eigenvalue weighted by Crippen LogP contribution is -2.58. The monoisotopic (exact) mass is 228 g/mol. The van der Waals surface area contributed by atoms with Crippen LogP contribution in [0.15, 0.2) is 0 Å². The molecule has 16 heavy (non-hydrogen) atoms. The fraction of sp³-hybridized carbons (Fsp3) is 0.917. The summed E-state index contributed by atoms with van der Waals surface area (Å²) in [5, 5.41) is 3.44. The van der Waals surface area contributed by atoms with Crippen molar-refractivity contribution in [1.82, 2.24) is 10.2 Å². The number of methoxy groups -OCH3 is 1. The molecule has 1 aliphatic rings. The average molecular weight is 228 g/mol. The third-order valence-electron chi connectivity index (χ3n) is 3.63. The maximum absolute atomic E-state index is 11.5. The molecule has 1 heterocycles. The molecular formula is C12H24N2O2. The number of esters is 1. The van der Waals surface area contributed by atoms with Gasteiger partial charge in [0, 0.05) is 31.2 Å². The summed E-state index contributed by atoms with van der Waals surface area (Å²) in [6, 6.07) is 1.19. The third kappa shape index (κ3) is 2.95. The number of ether oxygens (including phenoxy) is 1. The molecule has 4 nitrogen and oxygen atoms in total. The van der Waals surface area contributed by atoms with Crippen molar-refractivity contribution in [3.8, 4) is 0 Å². The normalized spacial score (nSPS) is 30.8. The fourth-order valence-electron chi connectivity index (χ4n) is 2.29. The van der Waals surface area contributed by atoms with Gasteiger partial charge in [-0.05, 0) is 20.8 Å². The zero-order chi connectivity index (χ0) is 12.3. The summed E-state index contributed by atoms with van der Waals surface area (Å²) < 4.78 is 4.80. The fourth-order valence-corrected chi connectivity index (χ4v) is 2.29. The summed E-state index contributed by atoms with van der Waals surface area (Å²) in [5.41, 5.74) is 0. The molecule has 1 rings (SSSR count). The highest BCUT2D eigenvalue weighted by atomic mass is 16.5. The van der Waals surface area contributed by atoms with Crippen molar-refractivity contribution < 1.29 is 9.53 Å². The lowest BCUT2D eigenvalue weighted by Gasteiger charge is -2.42. The second-order valence-corrected chi connectivity index (χ2v) is 4.91. The Morgan fingerprint density at radius 3 is 2.62 bits per heavy atom. The van der Waals surface area contributed by atoms with E-state index < -0.39 is 0 Å². The van der Waals surface area contributed by atoms with Gasteiger partial charge in [0.1, 0.15) is 0 Å². The smallest absolute Gasteiger partial charge is 0.309 e. The Morgan fingerprint density at radius 2 is 2.06 bits per heavy atom. The molecule has 0 saturated carbocycles. The molecule has 94 valence electrons. The lowest BCUT2D eigenvalue weighted by molar-refractivity contribution is -0.147. The number of rotatable bonds is 3. The van der Waals surface area contributed by atoms with E-state index in [2.05, 4.69) is 31.0 Å². The van der Waals surface area contributed by atoms with Crippen LogP contribution < -0.4 is 5.32 Å². The quantitative estimate of drug-likeness (QED) is 0.728. The van der Waals surface area contributed by atoms with Crippen molar-refractivity contribution in [2.75, 3.05) is 20.2 Å². The van der Waals surface area contributed by atoms with Crippen LogP contribution >= 0.6 is 0 Å². The maximum atomic E-state index is 11.5. The zero-order valence-corrected chi connectivity index (χ0v) is 11.0. The van der Waals surface area contributed by atoms with E-state index in [0.717, 1.165) is 13.1 Å². The largest absolute Gasteiger partial charge is 0.469 e. The van der Waals surface area contributed by atoms with Crippen LogP contribution in [0.3, 0.4) is 0 Å². The Morgan fingerprint density at radius 1 is 1.44 bits per heavy atom. The van der Waals surface area contributed by atoms with Gasteiger partial charge >= 0.3 is 5.97 Å². The van der Waals surface area contributed by atoms with Crippen molar-refractivity contribution in [3.05, 3.63) is 0 Å². The molecule has 4 heteroatoms. The van der Waals surface area contributed by atoms with Gasteiger partial charge in [0.2, 0.25) is 0 Å². The van der Waals surface area contributed by atoms with Crippen molar-refractivity contribution in [2.24, 2.45) is 5.92 Å². The summed E-state index contributed by atoms with van der Waals surface area (Å²) in [6.45, 7) is 10.4. The van der Waals surface area contributed by atoms with Crippen molar-refractivity contribution in [1.29, 1.82) is 0 Å². The second-order valence-electron chi connectivity index (χ2n) is 4.91. The van der Waals surface area contributed by atoms with Crippen molar-refractivity contribution in [3.63, 3.8) is 0 Å². The molecule has 1 N–H and O–H groups in total. The molecule has 4 unspecified atom stereocenters. The minimum absolute atomic E-state index is 0.0715. The van der Waals surface area contributed by atoms with Crippen LogP contribution in [0.2, 0.25) is 0 Å². The highest BCUT2D eigenvalue weighted by molar-refractivity contribution is 5.72. The van der Waals surface area contributed by atoms with E-state index >= 15 is 0 Å². The molecule has 1 fully saturated rings. The molecule has 0 amide bonds. The van der Waals surface area contributed by atoms with E-state index in [0.29, 0.717) is 12.1 Å². The van der Waals surface area contributed by atoms with Gasteiger partial charge in [-0.15, -0.1) is 0 Å². The number of piperazine rings is 1. The third-order valence-corrected chi connectivity index (χ3v) is 3.63. The Bertz CT molecular complexity index is 245. The molecule has 4 atom stereocenters. The summed E-state index contributed by atoms with van der Waals surface area (Å²) in [4.78, 5) is 13.9. The second kappa shape index (κ2) is 5.64. The average Bonchev–Trinajstić information content (AvgIpc) is 2.29. The van der Waals surface area contributed by atoms with Gasteiger partial charge < -0.3 is 10.1 Å². The molecule has 0 aromatic rings. The van der Waals surface area contributed by atoms with E-state index in [-0.39, 0.29) is 17.9 Å². The van der Waals surface area contributed by atoms with Crippen LogP contribution in [0.5, 0.6) is 0 Å². The number of hydrogen-bond acceptors (Lipinski definition) is 4.